The van der Waals surface area contributed by atoms with Crippen molar-refractivity contribution in [3.8, 4) is 6.07 Å². The average Bonchev–Trinajstić information content (AvgIpc) is 3.20. The fourth-order valence-corrected chi connectivity index (χ4v) is 3.05. The molecular weight excluding hydrogens is 240 g/mol. The van der Waals surface area contributed by atoms with Gasteiger partial charge in [-0.3, -0.25) is 0 Å². The minimum Gasteiger partial charge on any atom is -0.367 e. The molecule has 0 spiro atoms. The molecule has 0 N–H and O–H groups in total. The summed E-state index contributed by atoms with van der Waals surface area (Å²) in [4.78, 5) is 3.55. The summed E-state index contributed by atoms with van der Waals surface area (Å²) in [6, 6.07) is 9.32. The summed E-state index contributed by atoms with van der Waals surface area (Å²) < 4.78 is 0. The van der Waals surface area contributed by atoms with Crippen molar-refractivity contribution in [2.45, 2.75) is 44.0 Å². The van der Waals surface area contributed by atoms with E-state index in [0.717, 1.165) is 34.9 Å². The quantitative estimate of drug-likeness (QED) is 0.722. The first-order valence-corrected chi connectivity index (χ1v) is 7.72. The van der Waals surface area contributed by atoms with E-state index in [1.54, 1.807) is 11.8 Å². The predicted molar refractivity (Wildman–Crippen MR) is 78.2 cm³/mol. The van der Waals surface area contributed by atoms with Crippen LogP contribution in [0.25, 0.3) is 0 Å². The molecule has 0 heterocycles. The van der Waals surface area contributed by atoms with Crippen molar-refractivity contribution in [3.63, 3.8) is 0 Å². The number of thioether (sulfide) groups is 1. The number of benzene rings is 1. The fourth-order valence-electron chi connectivity index (χ4n) is 2.27. The van der Waals surface area contributed by atoms with Gasteiger partial charge in [-0.25, -0.2) is 0 Å². The lowest BCUT2D eigenvalue weighted by Gasteiger charge is -2.26. The Kier molecular flexibility index (Phi) is 4.54. The Morgan fingerprint density at radius 3 is 2.72 bits per heavy atom. The maximum atomic E-state index is 9.46. The minimum atomic E-state index is 0.666. The number of anilines is 1. The number of nitrogens with zero attached hydrogens (tertiary/aromatic N) is 2. The second-order valence-electron chi connectivity index (χ2n) is 4.62. The van der Waals surface area contributed by atoms with Crippen molar-refractivity contribution in [1.29, 1.82) is 5.26 Å². The molecule has 0 atom stereocenters. The molecule has 0 saturated heterocycles. The molecule has 1 fully saturated rings. The minimum absolute atomic E-state index is 0.666. The van der Waals surface area contributed by atoms with E-state index in [9.17, 15) is 5.26 Å². The smallest absolute Gasteiger partial charge is 0.103 e. The van der Waals surface area contributed by atoms with Gasteiger partial charge in [0.15, 0.2) is 0 Å². The standard InChI is InChI=1S/C15H20N2S/c1-3-10-17(12-8-9-12)14-6-5-7-15(18-4-2)13(14)11-16/h5-7,12H,3-4,8-10H2,1-2H3. The van der Waals surface area contributed by atoms with Crippen LogP contribution >= 0.6 is 11.8 Å². The first kappa shape index (κ1) is 13.3. The number of hydrogen-bond donors (Lipinski definition) is 0. The van der Waals surface area contributed by atoms with Crippen LogP contribution in [-0.2, 0) is 0 Å². The van der Waals surface area contributed by atoms with E-state index in [0.29, 0.717) is 6.04 Å². The summed E-state index contributed by atoms with van der Waals surface area (Å²) in [6.07, 6.45) is 3.68. The van der Waals surface area contributed by atoms with Gasteiger partial charge in [0.2, 0.25) is 0 Å². The highest BCUT2D eigenvalue weighted by molar-refractivity contribution is 7.99. The molecule has 1 aliphatic rings. The van der Waals surface area contributed by atoms with E-state index in [1.807, 2.05) is 0 Å². The highest BCUT2D eigenvalue weighted by Gasteiger charge is 2.30. The van der Waals surface area contributed by atoms with Crippen molar-refractivity contribution in [2.75, 3.05) is 17.2 Å². The molecule has 1 aliphatic carbocycles. The van der Waals surface area contributed by atoms with Gasteiger partial charge in [-0.05, 0) is 37.1 Å². The van der Waals surface area contributed by atoms with Gasteiger partial charge < -0.3 is 4.90 Å². The van der Waals surface area contributed by atoms with Crippen LogP contribution in [0.2, 0.25) is 0 Å². The second-order valence-corrected chi connectivity index (χ2v) is 5.93. The van der Waals surface area contributed by atoms with Gasteiger partial charge in [0, 0.05) is 17.5 Å². The molecule has 1 saturated carbocycles. The summed E-state index contributed by atoms with van der Waals surface area (Å²) >= 11 is 1.76. The SMILES string of the molecule is CCCN(c1cccc(SCC)c1C#N)C1CC1. The maximum absolute atomic E-state index is 9.46. The van der Waals surface area contributed by atoms with Crippen LogP contribution in [-0.4, -0.2) is 18.3 Å². The Morgan fingerprint density at radius 2 is 2.17 bits per heavy atom. The van der Waals surface area contributed by atoms with E-state index >= 15 is 0 Å². The maximum Gasteiger partial charge on any atom is 0.103 e. The Labute approximate surface area is 114 Å². The zero-order valence-electron chi connectivity index (χ0n) is 11.1. The molecule has 2 rings (SSSR count). The van der Waals surface area contributed by atoms with E-state index in [2.05, 4.69) is 43.0 Å². The van der Waals surface area contributed by atoms with Crippen LogP contribution in [0, 0.1) is 11.3 Å². The molecule has 3 heteroatoms. The van der Waals surface area contributed by atoms with Crippen LogP contribution in [0.4, 0.5) is 5.69 Å². The molecular formula is C15H20N2S. The van der Waals surface area contributed by atoms with Gasteiger partial charge in [-0.2, -0.15) is 5.26 Å². The lowest BCUT2D eigenvalue weighted by molar-refractivity contribution is 0.761. The molecule has 0 bridgehead atoms. The lowest BCUT2D eigenvalue weighted by atomic mass is 10.1. The monoisotopic (exact) mass is 260 g/mol. The fraction of sp³-hybridized carbons (Fsp3) is 0.533. The van der Waals surface area contributed by atoms with Crippen LogP contribution in [0.1, 0.15) is 38.7 Å². The summed E-state index contributed by atoms with van der Waals surface area (Å²) in [5.74, 6) is 1.01. The molecule has 0 aromatic heterocycles. The molecule has 96 valence electrons. The largest absolute Gasteiger partial charge is 0.367 e. The van der Waals surface area contributed by atoms with E-state index in [1.165, 1.54) is 12.8 Å². The molecule has 18 heavy (non-hydrogen) atoms. The predicted octanol–water partition coefficient (Wildman–Crippen LogP) is 4.05. The van der Waals surface area contributed by atoms with Gasteiger partial charge in [-0.15, -0.1) is 11.8 Å². The van der Waals surface area contributed by atoms with E-state index in [4.69, 9.17) is 0 Å². The van der Waals surface area contributed by atoms with Gasteiger partial charge in [0.05, 0.1) is 11.3 Å². The van der Waals surface area contributed by atoms with Gasteiger partial charge in [0.1, 0.15) is 6.07 Å². The number of nitriles is 1. The topological polar surface area (TPSA) is 27.0 Å². The average molecular weight is 260 g/mol. The molecule has 0 aliphatic heterocycles. The van der Waals surface area contributed by atoms with Crippen LogP contribution < -0.4 is 4.90 Å². The van der Waals surface area contributed by atoms with E-state index < -0.39 is 0 Å². The highest BCUT2D eigenvalue weighted by Crippen LogP contribution is 2.36. The molecule has 1 aromatic carbocycles. The zero-order chi connectivity index (χ0) is 13.0. The van der Waals surface area contributed by atoms with Crippen molar-refractivity contribution in [3.05, 3.63) is 23.8 Å². The van der Waals surface area contributed by atoms with Crippen LogP contribution in [0.5, 0.6) is 0 Å². The molecule has 1 aromatic rings. The normalized spacial score (nSPS) is 14.3. The van der Waals surface area contributed by atoms with E-state index in [-0.39, 0.29) is 0 Å². The lowest BCUT2D eigenvalue weighted by Crippen LogP contribution is -2.27. The Hall–Kier alpha value is -1.14. The summed E-state index contributed by atoms with van der Waals surface area (Å²) in [5, 5.41) is 9.46. The summed E-state index contributed by atoms with van der Waals surface area (Å²) in [6.45, 7) is 5.38. The second kappa shape index (κ2) is 6.15. The van der Waals surface area contributed by atoms with Gasteiger partial charge in [0.25, 0.3) is 0 Å². The summed E-state index contributed by atoms with van der Waals surface area (Å²) in [7, 11) is 0. The molecule has 0 unspecified atom stereocenters. The van der Waals surface area contributed by atoms with Crippen molar-refractivity contribution in [2.24, 2.45) is 0 Å². The third-order valence-corrected chi connectivity index (χ3v) is 4.12. The van der Waals surface area contributed by atoms with Crippen LogP contribution in [0.3, 0.4) is 0 Å². The zero-order valence-corrected chi connectivity index (χ0v) is 12.0. The molecule has 0 amide bonds. The number of rotatable bonds is 6. The van der Waals surface area contributed by atoms with Crippen molar-refractivity contribution < 1.29 is 0 Å². The number of hydrogen-bond acceptors (Lipinski definition) is 3. The Morgan fingerprint density at radius 1 is 1.39 bits per heavy atom. The van der Waals surface area contributed by atoms with Crippen molar-refractivity contribution in [1.82, 2.24) is 0 Å². The third-order valence-electron chi connectivity index (χ3n) is 3.18. The Bertz CT molecular complexity index is 446. The van der Waals surface area contributed by atoms with Gasteiger partial charge in [-0.1, -0.05) is 19.9 Å². The molecule has 0 radical (unpaired) electrons. The van der Waals surface area contributed by atoms with Crippen molar-refractivity contribution >= 4 is 17.4 Å². The van der Waals surface area contributed by atoms with Gasteiger partial charge >= 0.3 is 0 Å². The summed E-state index contributed by atoms with van der Waals surface area (Å²) in [5.41, 5.74) is 2.00. The third kappa shape index (κ3) is 2.81. The first-order chi connectivity index (χ1) is 8.81. The molecule has 2 nitrogen and oxygen atoms in total. The highest BCUT2D eigenvalue weighted by atomic mass is 32.2. The first-order valence-electron chi connectivity index (χ1n) is 6.74. The van der Waals surface area contributed by atoms with Crippen LogP contribution in [0.15, 0.2) is 23.1 Å². The Balaban J connectivity index is 2.35.